The molecule has 292 valence electrons. The summed E-state index contributed by atoms with van der Waals surface area (Å²) in [5, 5.41) is 4.55. The first kappa shape index (κ1) is 44.4. The second-order valence-electron chi connectivity index (χ2n) is 10.8. The molecule has 21 heteroatoms. The van der Waals surface area contributed by atoms with E-state index in [0.29, 0.717) is 0 Å². The molecule has 0 saturated carbocycles. The van der Waals surface area contributed by atoms with Crippen molar-refractivity contribution in [2.24, 2.45) is 0 Å². The average Bonchev–Trinajstić information content (AvgIpc) is 3.10. The molecule has 0 amide bonds. The Morgan fingerprint density at radius 3 is 0.691 bits per heavy atom. The summed E-state index contributed by atoms with van der Waals surface area (Å²) in [6.07, 6.45) is 10.7. The van der Waals surface area contributed by atoms with Gasteiger partial charge in [-0.15, -0.1) is 0 Å². The van der Waals surface area contributed by atoms with Crippen molar-refractivity contribution in [3.05, 3.63) is 146 Å². The smallest absolute Gasteiger partial charge is 0.255 e. The zero-order valence-corrected chi connectivity index (χ0v) is 30.9. The third-order valence-corrected chi connectivity index (χ3v) is 6.28. The van der Waals surface area contributed by atoms with Crippen LogP contribution in [-0.4, -0.2) is 29.9 Å². The van der Waals surface area contributed by atoms with Crippen LogP contribution in [0.1, 0.15) is 0 Å². The Morgan fingerprint density at radius 2 is 0.491 bits per heavy atom. The van der Waals surface area contributed by atoms with Gasteiger partial charge >= 0.3 is 85.5 Å². The van der Waals surface area contributed by atoms with E-state index in [4.69, 9.17) is 0 Å². The van der Waals surface area contributed by atoms with E-state index in [1.54, 1.807) is 37.2 Å². The van der Waals surface area contributed by atoms with Gasteiger partial charge in [-0.25, -0.2) is 0 Å². The van der Waals surface area contributed by atoms with Crippen LogP contribution in [0, 0.1) is 0 Å². The van der Waals surface area contributed by atoms with E-state index in [0.717, 1.165) is 55.0 Å². The van der Waals surface area contributed by atoms with Gasteiger partial charge in [0.05, 0.1) is 33.5 Å². The van der Waals surface area contributed by atoms with Gasteiger partial charge in [-0.3, -0.25) is 29.9 Å². The van der Waals surface area contributed by atoms with Gasteiger partial charge in [0, 0.05) is 58.7 Å². The Morgan fingerprint density at radius 1 is 0.273 bits per heavy atom. The van der Waals surface area contributed by atoms with Gasteiger partial charge in [-0.1, -0.05) is 60.7 Å². The Hall–Kier alpha value is -4.98. The Kier molecular flexibility index (Phi) is 12.6. The second-order valence-corrected chi connectivity index (χ2v) is 14.6. The molecule has 8 aromatic rings. The fourth-order valence-corrected chi connectivity index (χ4v) is 4.39. The minimum atomic E-state index is -10.7. The number of halogens is 12. The van der Waals surface area contributed by atoms with Crippen LogP contribution in [0.2, 0.25) is 0 Å². The fourth-order valence-electron chi connectivity index (χ4n) is 4.39. The zero-order chi connectivity index (χ0) is 39.8. The zero-order valence-electron chi connectivity index (χ0n) is 27.3. The summed E-state index contributed by atoms with van der Waals surface area (Å²) in [5.74, 6) is 0. The van der Waals surface area contributed by atoms with Crippen molar-refractivity contribution in [2.75, 3.05) is 0 Å². The molecule has 6 nitrogen and oxygen atoms in total. The largest absolute Gasteiger partial charge is 2.00 e. The van der Waals surface area contributed by atoms with Gasteiger partial charge in [0.1, 0.15) is 0 Å². The van der Waals surface area contributed by atoms with E-state index in [1.165, 1.54) is 0 Å². The number of aromatic nitrogens is 6. The van der Waals surface area contributed by atoms with Crippen molar-refractivity contribution in [3.63, 3.8) is 0 Å². The molecule has 0 radical (unpaired) electrons. The number of hydrogen-bond acceptors (Lipinski definition) is 6. The normalized spacial score (nSPS) is 13.5. The van der Waals surface area contributed by atoms with Crippen molar-refractivity contribution >= 4 is 59.2 Å². The van der Waals surface area contributed by atoms with Crippen LogP contribution in [0.25, 0.3) is 55.0 Å². The molecule has 6 aromatic heterocycles. The quantitative estimate of drug-likeness (QED) is 0.0707. The van der Waals surface area contributed by atoms with Crippen LogP contribution < -0.4 is 0 Å². The number of hydrogen-bond donors (Lipinski definition) is 0. The van der Waals surface area contributed by atoms with Crippen molar-refractivity contribution in [3.8, 4) is 11.4 Å². The predicted octanol–water partition coefficient (Wildman–Crippen LogP) is 14.5. The maximum Gasteiger partial charge on any atom is 2.00 e. The molecule has 0 fully saturated rings. The van der Waals surface area contributed by atoms with E-state index >= 15 is 0 Å². The molecular weight excluding hydrogens is 883 g/mol. The molecule has 0 bridgehead atoms. The van der Waals surface area contributed by atoms with Gasteiger partial charge in [-0.2, -0.15) is 0 Å². The Balaban J connectivity index is 0.000000190. The molecule has 0 aliphatic carbocycles. The van der Waals surface area contributed by atoms with Crippen molar-refractivity contribution < 1.29 is 69.8 Å². The van der Waals surface area contributed by atoms with Crippen molar-refractivity contribution in [1.29, 1.82) is 0 Å². The first-order valence-electron chi connectivity index (χ1n) is 14.9. The van der Waals surface area contributed by atoms with Crippen LogP contribution >= 0.6 is 15.6 Å². The summed E-state index contributed by atoms with van der Waals surface area (Å²) in [6, 6.07) is 35.9. The topological polar surface area (TPSA) is 77.3 Å². The molecule has 0 spiro atoms. The summed E-state index contributed by atoms with van der Waals surface area (Å²) in [6.45, 7) is 0. The average molecular weight is 908 g/mol. The molecule has 0 unspecified atom stereocenters. The van der Waals surface area contributed by atoms with Crippen LogP contribution in [0.15, 0.2) is 146 Å². The van der Waals surface area contributed by atoms with Crippen LogP contribution in [0.4, 0.5) is 50.4 Å². The number of nitrogens with zero attached hydrogens (tertiary/aromatic N) is 6. The van der Waals surface area contributed by atoms with Gasteiger partial charge in [-0.05, 0) is 48.5 Å². The molecule has 0 saturated heterocycles. The van der Waals surface area contributed by atoms with E-state index in [9.17, 15) is 50.4 Å². The predicted molar refractivity (Wildman–Crippen MR) is 189 cm³/mol. The van der Waals surface area contributed by atoms with E-state index in [2.05, 4.69) is 78.4 Å². The van der Waals surface area contributed by atoms with Gasteiger partial charge in [0.2, 0.25) is 0 Å². The minimum absolute atomic E-state index is 0. The minimum Gasteiger partial charge on any atom is -0.255 e. The second kappa shape index (κ2) is 15.6. The third-order valence-electron chi connectivity index (χ3n) is 6.28. The fraction of sp³-hybridized carbons (Fsp3) is 0. The molecule has 55 heavy (non-hydrogen) atoms. The molecule has 6 heterocycles. The van der Waals surface area contributed by atoms with E-state index < -0.39 is 15.6 Å². The summed E-state index contributed by atoms with van der Waals surface area (Å²) in [7, 11) is -21.3. The third kappa shape index (κ3) is 18.3. The van der Waals surface area contributed by atoms with Gasteiger partial charge in [0.15, 0.2) is 0 Å². The maximum absolute atomic E-state index is 10.7. The Bertz CT molecular complexity index is 2190. The number of pyridine rings is 6. The maximum atomic E-state index is 9.87. The molecular formula is C34H24F12N6P2Ru. The standard InChI is InChI=1S/2C12H8N2.C10H8N2.2F6P.Ru/c2*1-3-9-5-6-10-4-2-8-14-12(10)11(9)13-7-1;1-3-7-11-9(5-1)10-6-2-4-8-12-10;2*1-7(2,3,4,5)6;/h2*1-8H;1-8H;;;/q;;;2*-1;+2. The summed E-state index contributed by atoms with van der Waals surface area (Å²) >= 11 is 0. The Labute approximate surface area is 316 Å². The van der Waals surface area contributed by atoms with Crippen molar-refractivity contribution in [2.45, 2.75) is 0 Å². The van der Waals surface area contributed by atoms with Crippen LogP contribution in [-0.2, 0) is 19.5 Å². The SMILES string of the molecule is F[P-](F)(F)(F)(F)F.F[P-](F)(F)(F)(F)F.[Ru+2].c1ccc(-c2ccccn2)nc1.c1cnc2c(c1)ccc1cccnc12.c1cnc2c(c1)ccc1cccnc12. The molecule has 0 atom stereocenters. The molecule has 0 aliphatic heterocycles. The van der Waals surface area contributed by atoms with Gasteiger partial charge in [0.25, 0.3) is 0 Å². The van der Waals surface area contributed by atoms with Crippen molar-refractivity contribution in [1.82, 2.24) is 29.9 Å². The molecule has 2 aromatic carbocycles. The summed E-state index contributed by atoms with van der Waals surface area (Å²) < 4.78 is 118. The van der Waals surface area contributed by atoms with Gasteiger partial charge < -0.3 is 0 Å². The molecule has 0 aliphatic rings. The van der Waals surface area contributed by atoms with Crippen LogP contribution in [0.5, 0.6) is 0 Å². The number of fused-ring (bicyclic) bond motifs is 6. The number of rotatable bonds is 1. The molecule has 0 N–H and O–H groups in total. The van der Waals surface area contributed by atoms with E-state index in [-0.39, 0.29) is 19.5 Å². The first-order chi connectivity index (χ1) is 24.8. The molecule has 8 rings (SSSR count). The van der Waals surface area contributed by atoms with E-state index in [1.807, 2.05) is 60.7 Å². The summed E-state index contributed by atoms with van der Waals surface area (Å²) in [4.78, 5) is 25.8. The monoisotopic (exact) mass is 908 g/mol. The summed E-state index contributed by atoms with van der Waals surface area (Å²) in [5.41, 5.74) is 5.74. The first-order valence-corrected chi connectivity index (χ1v) is 18.9. The number of benzene rings is 2. The van der Waals surface area contributed by atoms with Crippen LogP contribution in [0.3, 0.4) is 0 Å².